The lowest BCUT2D eigenvalue weighted by Crippen LogP contribution is -2.47. The minimum atomic E-state index is -0.316. The first kappa shape index (κ1) is 12.4. The summed E-state index contributed by atoms with van der Waals surface area (Å²) in [7, 11) is 0. The smallest absolute Gasteiger partial charge is 0.149 e. The van der Waals surface area contributed by atoms with Crippen LogP contribution in [-0.4, -0.2) is 28.0 Å². The van der Waals surface area contributed by atoms with Gasteiger partial charge in [-0.25, -0.2) is 4.98 Å². The minimum absolute atomic E-state index is 0.125. The SMILES string of the molecule is NC1(CO)CCCC1CCSc1nccs1. The number of aliphatic hydroxyl groups excluding tert-OH is 1. The molecule has 1 aliphatic carbocycles. The molecule has 1 aromatic heterocycles. The van der Waals surface area contributed by atoms with Crippen molar-refractivity contribution >= 4 is 23.1 Å². The Kier molecular flexibility index (Phi) is 4.24. The highest BCUT2D eigenvalue weighted by Crippen LogP contribution is 2.37. The maximum atomic E-state index is 9.34. The third kappa shape index (κ3) is 2.77. The summed E-state index contributed by atoms with van der Waals surface area (Å²) in [5.41, 5.74) is 5.87. The average Bonchev–Trinajstić information content (AvgIpc) is 2.90. The summed E-state index contributed by atoms with van der Waals surface area (Å²) in [6, 6.07) is 0. The molecule has 2 atom stereocenters. The molecule has 1 aromatic rings. The molecule has 16 heavy (non-hydrogen) atoms. The van der Waals surface area contributed by atoms with Gasteiger partial charge < -0.3 is 10.8 Å². The van der Waals surface area contributed by atoms with E-state index in [1.807, 2.05) is 11.6 Å². The first-order valence-corrected chi connectivity index (χ1v) is 7.53. The second-order valence-corrected chi connectivity index (χ2v) is 6.65. The van der Waals surface area contributed by atoms with E-state index in [1.165, 1.54) is 0 Å². The first-order valence-electron chi connectivity index (χ1n) is 5.66. The van der Waals surface area contributed by atoms with Gasteiger partial charge in [-0.2, -0.15) is 0 Å². The zero-order valence-corrected chi connectivity index (χ0v) is 10.9. The molecule has 1 heterocycles. The number of aromatic nitrogens is 1. The van der Waals surface area contributed by atoms with Crippen molar-refractivity contribution in [2.24, 2.45) is 11.7 Å². The number of nitrogens with zero attached hydrogens (tertiary/aromatic N) is 1. The molecule has 0 aromatic carbocycles. The Morgan fingerprint density at radius 1 is 1.69 bits per heavy atom. The summed E-state index contributed by atoms with van der Waals surface area (Å²) in [5.74, 6) is 1.53. The van der Waals surface area contributed by atoms with Gasteiger partial charge >= 0.3 is 0 Å². The quantitative estimate of drug-likeness (QED) is 0.794. The van der Waals surface area contributed by atoms with Gasteiger partial charge in [0.1, 0.15) is 4.34 Å². The van der Waals surface area contributed by atoms with Gasteiger partial charge in [0.2, 0.25) is 0 Å². The lowest BCUT2D eigenvalue weighted by molar-refractivity contribution is 0.158. The molecule has 3 nitrogen and oxygen atoms in total. The first-order chi connectivity index (χ1) is 7.74. The van der Waals surface area contributed by atoms with E-state index < -0.39 is 0 Å². The standard InChI is InChI=1S/C11H18N2OS2/c12-11(8-14)4-1-2-9(11)3-6-15-10-13-5-7-16-10/h5,7,9,14H,1-4,6,8,12H2. The molecule has 0 bridgehead atoms. The van der Waals surface area contributed by atoms with Gasteiger partial charge in [0, 0.05) is 22.9 Å². The van der Waals surface area contributed by atoms with Crippen molar-refractivity contribution < 1.29 is 5.11 Å². The van der Waals surface area contributed by atoms with Crippen LogP contribution in [0.2, 0.25) is 0 Å². The van der Waals surface area contributed by atoms with Crippen LogP contribution in [0.4, 0.5) is 0 Å². The summed E-state index contributed by atoms with van der Waals surface area (Å²) >= 11 is 3.48. The maximum absolute atomic E-state index is 9.34. The molecule has 5 heteroatoms. The Morgan fingerprint density at radius 3 is 3.25 bits per heavy atom. The van der Waals surface area contributed by atoms with E-state index in [-0.39, 0.29) is 12.1 Å². The van der Waals surface area contributed by atoms with Crippen LogP contribution in [0, 0.1) is 5.92 Å². The Hall–Kier alpha value is -0.100. The van der Waals surface area contributed by atoms with E-state index in [9.17, 15) is 5.11 Å². The third-order valence-electron chi connectivity index (χ3n) is 3.40. The summed E-state index contributed by atoms with van der Waals surface area (Å²) in [6.07, 6.45) is 6.21. The van der Waals surface area contributed by atoms with Crippen molar-refractivity contribution in [2.45, 2.75) is 35.6 Å². The van der Waals surface area contributed by atoms with Gasteiger partial charge in [0.25, 0.3) is 0 Å². The highest BCUT2D eigenvalue weighted by atomic mass is 32.2. The molecule has 1 saturated carbocycles. The monoisotopic (exact) mass is 258 g/mol. The lowest BCUT2D eigenvalue weighted by atomic mass is 9.87. The second-order valence-electron chi connectivity index (χ2n) is 4.42. The zero-order valence-electron chi connectivity index (χ0n) is 9.26. The van der Waals surface area contributed by atoms with Crippen LogP contribution in [0.3, 0.4) is 0 Å². The molecule has 1 aliphatic rings. The number of hydrogen-bond acceptors (Lipinski definition) is 5. The molecule has 3 N–H and O–H groups in total. The molecule has 0 amide bonds. The molecule has 0 spiro atoms. The van der Waals surface area contributed by atoms with Gasteiger partial charge in [-0.15, -0.1) is 11.3 Å². The van der Waals surface area contributed by atoms with E-state index in [0.29, 0.717) is 5.92 Å². The van der Waals surface area contributed by atoms with Crippen molar-refractivity contribution in [3.8, 4) is 0 Å². The van der Waals surface area contributed by atoms with Crippen molar-refractivity contribution in [3.63, 3.8) is 0 Å². The fraction of sp³-hybridized carbons (Fsp3) is 0.727. The fourth-order valence-corrected chi connectivity index (χ4v) is 4.14. The van der Waals surface area contributed by atoms with Crippen LogP contribution >= 0.6 is 23.1 Å². The number of aliphatic hydroxyl groups is 1. The predicted octanol–water partition coefficient (Wildman–Crippen LogP) is 2.12. The fourth-order valence-electron chi connectivity index (χ4n) is 2.38. The highest BCUT2D eigenvalue weighted by molar-refractivity contribution is 8.00. The normalized spacial score (nSPS) is 29.8. The molecular weight excluding hydrogens is 240 g/mol. The van der Waals surface area contributed by atoms with Crippen molar-refractivity contribution in [1.82, 2.24) is 4.98 Å². The number of thiazole rings is 1. The van der Waals surface area contributed by atoms with Crippen LogP contribution in [0.5, 0.6) is 0 Å². The maximum Gasteiger partial charge on any atom is 0.149 e. The molecule has 90 valence electrons. The third-order valence-corrected chi connectivity index (χ3v) is 5.40. The molecular formula is C11H18N2OS2. The van der Waals surface area contributed by atoms with Gasteiger partial charge in [-0.3, -0.25) is 0 Å². The Labute approximate surface area is 104 Å². The highest BCUT2D eigenvalue weighted by Gasteiger charge is 2.38. The van der Waals surface area contributed by atoms with Gasteiger partial charge in [-0.05, 0) is 25.2 Å². The number of hydrogen-bond donors (Lipinski definition) is 2. The van der Waals surface area contributed by atoms with Crippen molar-refractivity contribution in [2.75, 3.05) is 12.4 Å². The van der Waals surface area contributed by atoms with Crippen molar-refractivity contribution in [1.29, 1.82) is 0 Å². The predicted molar refractivity (Wildman–Crippen MR) is 68.8 cm³/mol. The minimum Gasteiger partial charge on any atom is -0.394 e. The summed E-state index contributed by atoms with van der Waals surface area (Å²) < 4.78 is 1.13. The molecule has 2 rings (SSSR count). The van der Waals surface area contributed by atoms with E-state index >= 15 is 0 Å². The molecule has 0 aliphatic heterocycles. The van der Waals surface area contributed by atoms with E-state index in [2.05, 4.69) is 4.98 Å². The lowest BCUT2D eigenvalue weighted by Gasteiger charge is -2.29. The van der Waals surface area contributed by atoms with Crippen LogP contribution < -0.4 is 5.73 Å². The summed E-state index contributed by atoms with van der Waals surface area (Å²) in [4.78, 5) is 4.24. The summed E-state index contributed by atoms with van der Waals surface area (Å²) in [6.45, 7) is 0.125. The molecule has 0 radical (unpaired) electrons. The van der Waals surface area contributed by atoms with Crippen LogP contribution in [-0.2, 0) is 0 Å². The number of nitrogens with two attached hydrogens (primary N) is 1. The second kappa shape index (κ2) is 5.49. The van der Waals surface area contributed by atoms with E-state index in [4.69, 9.17) is 5.73 Å². The Balaban J connectivity index is 1.77. The van der Waals surface area contributed by atoms with Gasteiger partial charge in [-0.1, -0.05) is 18.2 Å². The average molecular weight is 258 g/mol. The zero-order chi connectivity index (χ0) is 11.4. The van der Waals surface area contributed by atoms with Crippen LogP contribution in [0.15, 0.2) is 15.9 Å². The topological polar surface area (TPSA) is 59.1 Å². The molecule has 0 saturated heterocycles. The number of thioether (sulfide) groups is 1. The Bertz CT molecular complexity index is 318. The summed E-state index contributed by atoms with van der Waals surface area (Å²) in [5, 5.41) is 11.3. The Morgan fingerprint density at radius 2 is 2.56 bits per heavy atom. The molecule has 1 fully saturated rings. The number of rotatable bonds is 5. The molecule has 2 unspecified atom stereocenters. The largest absolute Gasteiger partial charge is 0.394 e. The van der Waals surface area contributed by atoms with E-state index in [0.717, 1.165) is 35.8 Å². The van der Waals surface area contributed by atoms with Crippen LogP contribution in [0.25, 0.3) is 0 Å². The van der Waals surface area contributed by atoms with Crippen molar-refractivity contribution in [3.05, 3.63) is 11.6 Å². The van der Waals surface area contributed by atoms with Crippen LogP contribution in [0.1, 0.15) is 25.7 Å². The van der Waals surface area contributed by atoms with E-state index in [1.54, 1.807) is 23.1 Å². The van der Waals surface area contributed by atoms with Gasteiger partial charge in [0.15, 0.2) is 0 Å². The van der Waals surface area contributed by atoms with Gasteiger partial charge in [0.05, 0.1) is 6.61 Å².